The molecule has 1 unspecified atom stereocenters. The van der Waals surface area contributed by atoms with Crippen molar-refractivity contribution in [2.45, 2.75) is 26.3 Å². The van der Waals surface area contributed by atoms with Crippen molar-refractivity contribution >= 4 is 11.7 Å². The van der Waals surface area contributed by atoms with Crippen LogP contribution in [0.4, 0.5) is 10.5 Å². The molecule has 1 aromatic rings. The van der Waals surface area contributed by atoms with Gasteiger partial charge in [-0.1, -0.05) is 19.1 Å². The van der Waals surface area contributed by atoms with Gasteiger partial charge in [0, 0.05) is 37.9 Å². The first kappa shape index (κ1) is 15.8. The Kier molecular flexibility index (Phi) is 5.59. The first-order valence-corrected chi connectivity index (χ1v) is 7.74. The lowest BCUT2D eigenvalue weighted by Crippen LogP contribution is -2.50. The SMILES string of the molecule is CCCN1CCN(C(=O)Nc2cccc(C(C)N)c2)CC1. The molecule has 1 aliphatic rings. The second-order valence-corrected chi connectivity index (χ2v) is 5.67. The van der Waals surface area contributed by atoms with Gasteiger partial charge in [-0.15, -0.1) is 0 Å². The Labute approximate surface area is 127 Å². The van der Waals surface area contributed by atoms with Gasteiger partial charge in [0.25, 0.3) is 0 Å². The summed E-state index contributed by atoms with van der Waals surface area (Å²) in [5, 5.41) is 2.97. The van der Waals surface area contributed by atoms with Crippen LogP contribution in [0.1, 0.15) is 31.9 Å². The maximum atomic E-state index is 12.3. The molecule has 0 aromatic heterocycles. The molecule has 2 amide bonds. The van der Waals surface area contributed by atoms with Gasteiger partial charge in [0.05, 0.1) is 0 Å². The van der Waals surface area contributed by atoms with Gasteiger partial charge >= 0.3 is 6.03 Å². The minimum atomic E-state index is -0.0283. The highest BCUT2D eigenvalue weighted by Crippen LogP contribution is 2.16. The van der Waals surface area contributed by atoms with Crippen molar-refractivity contribution in [1.82, 2.24) is 9.80 Å². The van der Waals surface area contributed by atoms with Crippen molar-refractivity contribution in [2.24, 2.45) is 5.73 Å². The summed E-state index contributed by atoms with van der Waals surface area (Å²) in [7, 11) is 0. The predicted molar refractivity (Wildman–Crippen MR) is 86.4 cm³/mol. The molecule has 1 heterocycles. The molecule has 0 aliphatic carbocycles. The summed E-state index contributed by atoms with van der Waals surface area (Å²) in [6.45, 7) is 8.74. The highest BCUT2D eigenvalue weighted by molar-refractivity contribution is 5.89. The largest absolute Gasteiger partial charge is 0.324 e. The number of benzene rings is 1. The number of anilines is 1. The number of carbonyl (C=O) groups is 1. The summed E-state index contributed by atoms with van der Waals surface area (Å²) in [5.74, 6) is 0. The smallest absolute Gasteiger partial charge is 0.321 e. The fraction of sp³-hybridized carbons (Fsp3) is 0.562. The Bertz CT molecular complexity index is 467. The molecule has 0 radical (unpaired) electrons. The van der Waals surface area contributed by atoms with Crippen LogP contribution in [0.3, 0.4) is 0 Å². The van der Waals surface area contributed by atoms with Gasteiger partial charge in [-0.2, -0.15) is 0 Å². The number of amides is 2. The lowest BCUT2D eigenvalue weighted by Gasteiger charge is -2.34. The number of carbonyl (C=O) groups excluding carboxylic acids is 1. The average Bonchev–Trinajstić information content (AvgIpc) is 2.48. The van der Waals surface area contributed by atoms with Crippen LogP contribution >= 0.6 is 0 Å². The topological polar surface area (TPSA) is 61.6 Å². The van der Waals surface area contributed by atoms with E-state index in [9.17, 15) is 4.79 Å². The number of nitrogens with one attached hydrogen (secondary N) is 1. The number of hydrogen-bond acceptors (Lipinski definition) is 3. The lowest BCUT2D eigenvalue weighted by atomic mass is 10.1. The van der Waals surface area contributed by atoms with E-state index in [2.05, 4.69) is 17.1 Å². The third kappa shape index (κ3) is 4.44. The van der Waals surface area contributed by atoms with Crippen LogP contribution in [-0.4, -0.2) is 48.6 Å². The molecule has 1 fully saturated rings. The third-order valence-electron chi connectivity index (χ3n) is 3.86. The molecule has 5 heteroatoms. The van der Waals surface area contributed by atoms with Gasteiger partial charge in [0.15, 0.2) is 0 Å². The fourth-order valence-electron chi connectivity index (χ4n) is 2.59. The monoisotopic (exact) mass is 290 g/mol. The molecule has 0 saturated carbocycles. The highest BCUT2D eigenvalue weighted by atomic mass is 16.2. The van der Waals surface area contributed by atoms with Crippen LogP contribution in [0.2, 0.25) is 0 Å². The molecule has 3 N–H and O–H groups in total. The Morgan fingerprint density at radius 3 is 2.67 bits per heavy atom. The van der Waals surface area contributed by atoms with Crippen LogP contribution in [-0.2, 0) is 0 Å². The van der Waals surface area contributed by atoms with Crippen LogP contribution in [0.25, 0.3) is 0 Å². The quantitative estimate of drug-likeness (QED) is 0.894. The normalized spacial score (nSPS) is 17.6. The summed E-state index contributed by atoms with van der Waals surface area (Å²) in [4.78, 5) is 16.6. The van der Waals surface area contributed by atoms with Gasteiger partial charge in [-0.3, -0.25) is 4.90 Å². The number of nitrogens with zero attached hydrogens (tertiary/aromatic N) is 2. The summed E-state index contributed by atoms with van der Waals surface area (Å²) in [6.07, 6.45) is 1.16. The van der Waals surface area contributed by atoms with Crippen molar-refractivity contribution in [3.05, 3.63) is 29.8 Å². The third-order valence-corrected chi connectivity index (χ3v) is 3.86. The van der Waals surface area contributed by atoms with Gasteiger partial charge < -0.3 is 16.0 Å². The Hall–Kier alpha value is -1.59. The van der Waals surface area contributed by atoms with E-state index in [4.69, 9.17) is 5.73 Å². The second-order valence-electron chi connectivity index (χ2n) is 5.67. The van der Waals surface area contributed by atoms with E-state index in [-0.39, 0.29) is 12.1 Å². The van der Waals surface area contributed by atoms with Crippen molar-refractivity contribution in [2.75, 3.05) is 38.0 Å². The van der Waals surface area contributed by atoms with Crippen LogP contribution in [0.5, 0.6) is 0 Å². The zero-order chi connectivity index (χ0) is 15.2. The number of rotatable bonds is 4. The van der Waals surface area contributed by atoms with Crippen molar-refractivity contribution in [3.63, 3.8) is 0 Å². The summed E-state index contributed by atoms with van der Waals surface area (Å²) >= 11 is 0. The predicted octanol–water partition coefficient (Wildman–Crippen LogP) is 2.27. The summed E-state index contributed by atoms with van der Waals surface area (Å²) < 4.78 is 0. The first-order chi connectivity index (χ1) is 10.1. The zero-order valence-electron chi connectivity index (χ0n) is 13.0. The standard InChI is InChI=1S/C16H26N4O/c1-3-7-19-8-10-20(11-9-19)16(21)18-15-6-4-5-14(12-15)13(2)17/h4-6,12-13H,3,7-11,17H2,1-2H3,(H,18,21). The molecule has 2 rings (SSSR count). The van der Waals surface area contributed by atoms with E-state index >= 15 is 0 Å². The Morgan fingerprint density at radius 1 is 1.33 bits per heavy atom. The van der Waals surface area contributed by atoms with E-state index in [1.54, 1.807) is 0 Å². The summed E-state index contributed by atoms with van der Waals surface area (Å²) in [5.41, 5.74) is 7.71. The number of nitrogens with two attached hydrogens (primary N) is 1. The second kappa shape index (κ2) is 7.43. The molecule has 1 aromatic carbocycles. The van der Waals surface area contributed by atoms with Gasteiger partial charge in [0.1, 0.15) is 0 Å². The van der Waals surface area contributed by atoms with Crippen LogP contribution in [0.15, 0.2) is 24.3 Å². The molecular formula is C16H26N4O. The Balaban J connectivity index is 1.89. The summed E-state index contributed by atoms with van der Waals surface area (Å²) in [6, 6.07) is 7.69. The van der Waals surface area contributed by atoms with Gasteiger partial charge in [0.2, 0.25) is 0 Å². The van der Waals surface area contributed by atoms with E-state index in [1.165, 1.54) is 0 Å². The molecular weight excluding hydrogens is 264 g/mol. The zero-order valence-corrected chi connectivity index (χ0v) is 13.0. The molecule has 1 aliphatic heterocycles. The number of urea groups is 1. The van der Waals surface area contributed by atoms with Gasteiger partial charge in [-0.25, -0.2) is 4.79 Å². The van der Waals surface area contributed by atoms with E-state index in [0.717, 1.165) is 50.4 Å². The van der Waals surface area contributed by atoms with Crippen LogP contribution in [0, 0.1) is 0 Å². The minimum Gasteiger partial charge on any atom is -0.324 e. The Morgan fingerprint density at radius 2 is 2.05 bits per heavy atom. The molecule has 5 nitrogen and oxygen atoms in total. The maximum Gasteiger partial charge on any atom is 0.321 e. The fourth-order valence-corrected chi connectivity index (χ4v) is 2.59. The van der Waals surface area contributed by atoms with Crippen LogP contribution < -0.4 is 11.1 Å². The van der Waals surface area contributed by atoms with Gasteiger partial charge in [-0.05, 0) is 37.6 Å². The van der Waals surface area contributed by atoms with E-state index in [0.29, 0.717) is 0 Å². The molecule has 0 bridgehead atoms. The number of hydrogen-bond donors (Lipinski definition) is 2. The molecule has 116 valence electrons. The van der Waals surface area contributed by atoms with E-state index in [1.807, 2.05) is 36.1 Å². The first-order valence-electron chi connectivity index (χ1n) is 7.74. The van der Waals surface area contributed by atoms with Crippen molar-refractivity contribution in [3.8, 4) is 0 Å². The minimum absolute atomic E-state index is 0.0204. The van der Waals surface area contributed by atoms with Crippen molar-refractivity contribution in [1.29, 1.82) is 0 Å². The highest BCUT2D eigenvalue weighted by Gasteiger charge is 2.20. The number of piperazine rings is 1. The van der Waals surface area contributed by atoms with Crippen molar-refractivity contribution < 1.29 is 4.79 Å². The lowest BCUT2D eigenvalue weighted by molar-refractivity contribution is 0.147. The molecule has 1 saturated heterocycles. The molecule has 0 spiro atoms. The maximum absolute atomic E-state index is 12.3. The molecule has 1 atom stereocenters. The van der Waals surface area contributed by atoms with E-state index < -0.39 is 0 Å². The molecule has 21 heavy (non-hydrogen) atoms. The average molecular weight is 290 g/mol.